The van der Waals surface area contributed by atoms with Crippen LogP contribution in [0.4, 0.5) is 0 Å². The van der Waals surface area contributed by atoms with Crippen LogP contribution in [0.5, 0.6) is 0 Å². The SMILES string of the molecule is Cc1noc(C)c1CN1CCc2c(C(=O)N3CCC[C@H]3C(N)=O)csc2C1. The van der Waals surface area contributed by atoms with E-state index in [9.17, 15) is 9.59 Å². The second kappa shape index (κ2) is 7.09. The van der Waals surface area contributed by atoms with Crippen molar-refractivity contribution in [1.29, 1.82) is 0 Å². The second-order valence-electron chi connectivity index (χ2n) is 7.37. The standard InChI is InChI=1S/C19H24N4O3S/c1-11-14(12(2)26-21-11)8-22-7-5-13-15(10-27-17(13)9-22)19(25)23-6-3-4-16(23)18(20)24/h10,16H,3-9H2,1-2H3,(H2,20,24)/t16-/m0/s1. The van der Waals surface area contributed by atoms with Crippen LogP contribution in [0.2, 0.25) is 0 Å². The minimum absolute atomic E-state index is 0.0482. The number of rotatable bonds is 4. The van der Waals surface area contributed by atoms with Crippen molar-refractivity contribution in [3.63, 3.8) is 0 Å². The van der Waals surface area contributed by atoms with Crippen molar-refractivity contribution < 1.29 is 14.1 Å². The molecule has 0 spiro atoms. The van der Waals surface area contributed by atoms with Gasteiger partial charge in [0.2, 0.25) is 5.91 Å². The summed E-state index contributed by atoms with van der Waals surface area (Å²) in [5.41, 5.74) is 9.44. The Balaban J connectivity index is 1.50. The Bertz CT molecular complexity index is 868. The Kier molecular flexibility index (Phi) is 4.77. The van der Waals surface area contributed by atoms with Crippen molar-refractivity contribution in [2.45, 2.75) is 52.2 Å². The summed E-state index contributed by atoms with van der Waals surface area (Å²) in [6.07, 6.45) is 2.33. The number of hydrogen-bond acceptors (Lipinski definition) is 6. The van der Waals surface area contributed by atoms with Crippen LogP contribution >= 0.6 is 11.3 Å². The Morgan fingerprint density at radius 3 is 2.89 bits per heavy atom. The van der Waals surface area contributed by atoms with E-state index in [4.69, 9.17) is 10.3 Å². The first-order valence-electron chi connectivity index (χ1n) is 9.29. The average molecular weight is 388 g/mol. The number of nitrogens with zero attached hydrogens (tertiary/aromatic N) is 3. The molecular formula is C19H24N4O3S. The van der Waals surface area contributed by atoms with Gasteiger partial charge in [0, 0.05) is 42.0 Å². The van der Waals surface area contributed by atoms with Crippen molar-refractivity contribution in [2.75, 3.05) is 13.1 Å². The Morgan fingerprint density at radius 2 is 2.19 bits per heavy atom. The quantitative estimate of drug-likeness (QED) is 0.865. The molecule has 7 nitrogen and oxygen atoms in total. The molecule has 1 atom stereocenters. The predicted molar refractivity (Wildman–Crippen MR) is 101 cm³/mol. The van der Waals surface area contributed by atoms with Gasteiger partial charge in [-0.15, -0.1) is 11.3 Å². The fourth-order valence-electron chi connectivity index (χ4n) is 4.11. The number of nitrogens with two attached hydrogens (primary N) is 1. The van der Waals surface area contributed by atoms with Gasteiger partial charge in [0.15, 0.2) is 0 Å². The highest BCUT2D eigenvalue weighted by molar-refractivity contribution is 7.10. The number of fused-ring (bicyclic) bond motifs is 1. The zero-order valence-corrected chi connectivity index (χ0v) is 16.5. The molecule has 1 saturated heterocycles. The number of amides is 2. The van der Waals surface area contributed by atoms with E-state index in [1.54, 1.807) is 16.2 Å². The number of carbonyl (C=O) groups is 2. The minimum Gasteiger partial charge on any atom is -0.368 e. The van der Waals surface area contributed by atoms with Crippen molar-refractivity contribution in [3.8, 4) is 0 Å². The molecule has 2 N–H and O–H groups in total. The van der Waals surface area contributed by atoms with Gasteiger partial charge in [0.25, 0.3) is 5.91 Å². The molecule has 2 aliphatic heterocycles. The molecule has 2 aliphatic rings. The van der Waals surface area contributed by atoms with E-state index in [0.717, 1.165) is 60.6 Å². The Morgan fingerprint density at radius 1 is 1.37 bits per heavy atom. The van der Waals surface area contributed by atoms with Gasteiger partial charge in [-0.05, 0) is 38.7 Å². The van der Waals surface area contributed by atoms with Crippen LogP contribution in [0, 0.1) is 13.8 Å². The summed E-state index contributed by atoms with van der Waals surface area (Å²) in [7, 11) is 0. The largest absolute Gasteiger partial charge is 0.368 e. The third-order valence-electron chi connectivity index (χ3n) is 5.66. The van der Waals surface area contributed by atoms with Crippen molar-refractivity contribution in [2.24, 2.45) is 5.73 Å². The summed E-state index contributed by atoms with van der Waals surface area (Å²) >= 11 is 1.63. The van der Waals surface area contributed by atoms with Crippen LogP contribution in [0.25, 0.3) is 0 Å². The molecule has 8 heteroatoms. The van der Waals surface area contributed by atoms with E-state index in [1.807, 2.05) is 19.2 Å². The average Bonchev–Trinajstić information content (AvgIpc) is 3.36. The normalized spacial score (nSPS) is 20.1. The number of likely N-dealkylation sites (tertiary alicyclic amines) is 1. The molecular weight excluding hydrogens is 364 g/mol. The maximum absolute atomic E-state index is 13.0. The summed E-state index contributed by atoms with van der Waals surface area (Å²) in [5, 5.41) is 5.98. The van der Waals surface area contributed by atoms with E-state index < -0.39 is 11.9 Å². The first kappa shape index (κ1) is 18.2. The Hall–Kier alpha value is -2.19. The van der Waals surface area contributed by atoms with E-state index in [0.29, 0.717) is 13.0 Å². The smallest absolute Gasteiger partial charge is 0.255 e. The van der Waals surface area contributed by atoms with Gasteiger partial charge in [-0.1, -0.05) is 5.16 Å². The highest BCUT2D eigenvalue weighted by atomic mass is 32.1. The number of hydrogen-bond donors (Lipinski definition) is 1. The molecule has 4 rings (SSSR count). The summed E-state index contributed by atoms with van der Waals surface area (Å²) in [6.45, 7) is 7.02. The maximum atomic E-state index is 13.0. The molecule has 2 aromatic rings. The number of aryl methyl sites for hydroxylation is 2. The summed E-state index contributed by atoms with van der Waals surface area (Å²) in [4.78, 5) is 29.9. The molecule has 144 valence electrons. The molecule has 27 heavy (non-hydrogen) atoms. The predicted octanol–water partition coefficient (Wildman–Crippen LogP) is 2.00. The molecule has 2 aromatic heterocycles. The van der Waals surface area contributed by atoms with Crippen LogP contribution in [-0.2, 0) is 24.3 Å². The topological polar surface area (TPSA) is 92.7 Å². The summed E-state index contributed by atoms with van der Waals surface area (Å²) < 4.78 is 5.27. The lowest BCUT2D eigenvalue weighted by molar-refractivity contribution is -0.121. The van der Waals surface area contributed by atoms with Gasteiger partial charge in [-0.25, -0.2) is 0 Å². The number of primary amides is 1. The number of aromatic nitrogens is 1. The third kappa shape index (κ3) is 3.27. The van der Waals surface area contributed by atoms with Gasteiger partial charge in [0.1, 0.15) is 11.8 Å². The fourth-order valence-corrected chi connectivity index (χ4v) is 5.22. The van der Waals surface area contributed by atoms with Gasteiger partial charge in [-0.2, -0.15) is 0 Å². The molecule has 0 saturated carbocycles. The highest BCUT2D eigenvalue weighted by Gasteiger charge is 2.35. The molecule has 0 bridgehead atoms. The molecule has 0 aromatic carbocycles. The minimum atomic E-state index is -0.465. The number of thiophene rings is 1. The van der Waals surface area contributed by atoms with Gasteiger partial charge in [-0.3, -0.25) is 14.5 Å². The fraction of sp³-hybridized carbons (Fsp3) is 0.526. The van der Waals surface area contributed by atoms with E-state index in [-0.39, 0.29) is 5.91 Å². The van der Waals surface area contributed by atoms with Gasteiger partial charge in [0.05, 0.1) is 11.3 Å². The summed E-state index contributed by atoms with van der Waals surface area (Å²) in [6, 6.07) is -0.465. The molecule has 1 fully saturated rings. The molecule has 0 unspecified atom stereocenters. The first-order chi connectivity index (χ1) is 13.0. The van der Waals surface area contributed by atoms with E-state index in [1.165, 1.54) is 4.88 Å². The molecule has 4 heterocycles. The number of carbonyl (C=O) groups excluding carboxylic acids is 2. The third-order valence-corrected chi connectivity index (χ3v) is 6.67. The van der Waals surface area contributed by atoms with Crippen molar-refractivity contribution >= 4 is 23.2 Å². The summed E-state index contributed by atoms with van der Waals surface area (Å²) in [5.74, 6) is 0.412. The maximum Gasteiger partial charge on any atom is 0.255 e. The zero-order chi connectivity index (χ0) is 19.1. The highest BCUT2D eigenvalue weighted by Crippen LogP contribution is 2.32. The van der Waals surface area contributed by atoms with Gasteiger partial charge >= 0.3 is 0 Å². The van der Waals surface area contributed by atoms with Gasteiger partial charge < -0.3 is 15.2 Å². The van der Waals surface area contributed by atoms with E-state index >= 15 is 0 Å². The Labute approximate surface area is 162 Å². The van der Waals surface area contributed by atoms with E-state index in [2.05, 4.69) is 10.1 Å². The zero-order valence-electron chi connectivity index (χ0n) is 15.7. The first-order valence-corrected chi connectivity index (χ1v) is 10.2. The van der Waals surface area contributed by atoms with Crippen molar-refractivity contribution in [1.82, 2.24) is 15.0 Å². The molecule has 0 aliphatic carbocycles. The lowest BCUT2D eigenvalue weighted by atomic mass is 10.0. The second-order valence-corrected chi connectivity index (χ2v) is 8.34. The van der Waals surface area contributed by atoms with Crippen LogP contribution in [0.15, 0.2) is 9.90 Å². The van der Waals surface area contributed by atoms with Crippen LogP contribution < -0.4 is 5.73 Å². The van der Waals surface area contributed by atoms with Crippen LogP contribution in [0.1, 0.15) is 50.7 Å². The molecule has 2 amide bonds. The lowest BCUT2D eigenvalue weighted by Crippen LogP contribution is -2.44. The lowest BCUT2D eigenvalue weighted by Gasteiger charge is -2.28. The molecule has 0 radical (unpaired) electrons. The monoisotopic (exact) mass is 388 g/mol. The van der Waals surface area contributed by atoms with Crippen LogP contribution in [-0.4, -0.2) is 45.9 Å². The van der Waals surface area contributed by atoms with Crippen molar-refractivity contribution in [3.05, 3.63) is 38.4 Å². The van der Waals surface area contributed by atoms with Crippen LogP contribution in [0.3, 0.4) is 0 Å².